The third-order valence-electron chi connectivity index (χ3n) is 3.82. The topological polar surface area (TPSA) is 41.6 Å². The van der Waals surface area contributed by atoms with Crippen molar-refractivity contribution in [1.82, 2.24) is 10.2 Å². The molecule has 1 saturated heterocycles. The molecule has 1 fully saturated rings. The lowest BCUT2D eigenvalue weighted by atomic mass is 10.1. The van der Waals surface area contributed by atoms with Crippen LogP contribution in [0.15, 0.2) is 18.2 Å². The Morgan fingerprint density at radius 1 is 1.41 bits per heavy atom. The van der Waals surface area contributed by atoms with Crippen LogP contribution in [0.25, 0.3) is 0 Å². The SMILES string of the molecule is CN(CCC[C@H]1CCCO1)C(=O)NCc1ccc(Cl)c(Cl)c1. The van der Waals surface area contributed by atoms with Gasteiger partial charge in [-0.25, -0.2) is 4.79 Å². The third kappa shape index (κ3) is 5.34. The summed E-state index contributed by atoms with van der Waals surface area (Å²) in [4.78, 5) is 13.7. The molecule has 2 amide bonds. The monoisotopic (exact) mass is 344 g/mol. The van der Waals surface area contributed by atoms with Gasteiger partial charge in [0.2, 0.25) is 0 Å². The lowest BCUT2D eigenvalue weighted by Gasteiger charge is -2.19. The summed E-state index contributed by atoms with van der Waals surface area (Å²) in [5, 5.41) is 3.89. The predicted molar refractivity (Wildman–Crippen MR) is 89.5 cm³/mol. The van der Waals surface area contributed by atoms with Crippen LogP contribution in [-0.4, -0.2) is 37.2 Å². The average Bonchev–Trinajstić information content (AvgIpc) is 3.01. The fraction of sp³-hybridized carbons (Fsp3) is 0.562. The predicted octanol–water partition coefficient (Wildman–Crippen LogP) is 4.09. The molecule has 122 valence electrons. The molecule has 1 heterocycles. The number of carbonyl (C=O) groups excluding carboxylic acids is 1. The van der Waals surface area contributed by atoms with Gasteiger partial charge in [-0.3, -0.25) is 0 Å². The maximum atomic E-state index is 12.0. The van der Waals surface area contributed by atoms with Gasteiger partial charge in [0.15, 0.2) is 0 Å². The highest BCUT2D eigenvalue weighted by atomic mass is 35.5. The number of urea groups is 1. The molecule has 1 atom stereocenters. The van der Waals surface area contributed by atoms with Crippen molar-refractivity contribution in [1.29, 1.82) is 0 Å². The van der Waals surface area contributed by atoms with Gasteiger partial charge in [-0.1, -0.05) is 29.3 Å². The highest BCUT2D eigenvalue weighted by Crippen LogP contribution is 2.22. The van der Waals surface area contributed by atoms with Crippen LogP contribution in [0.1, 0.15) is 31.2 Å². The molecule has 6 heteroatoms. The van der Waals surface area contributed by atoms with E-state index in [1.165, 1.54) is 0 Å². The van der Waals surface area contributed by atoms with E-state index >= 15 is 0 Å². The van der Waals surface area contributed by atoms with Crippen molar-refractivity contribution >= 4 is 29.2 Å². The van der Waals surface area contributed by atoms with Crippen molar-refractivity contribution in [2.75, 3.05) is 20.2 Å². The summed E-state index contributed by atoms with van der Waals surface area (Å²) >= 11 is 11.8. The summed E-state index contributed by atoms with van der Waals surface area (Å²) in [5.74, 6) is 0. The Bertz CT molecular complexity index is 505. The number of hydrogen-bond acceptors (Lipinski definition) is 2. The fourth-order valence-electron chi connectivity index (χ4n) is 2.49. The lowest BCUT2D eigenvalue weighted by molar-refractivity contribution is 0.100. The van der Waals surface area contributed by atoms with E-state index in [0.29, 0.717) is 22.7 Å². The van der Waals surface area contributed by atoms with E-state index in [1.807, 2.05) is 6.07 Å². The number of carbonyl (C=O) groups is 1. The van der Waals surface area contributed by atoms with Gasteiger partial charge in [-0.2, -0.15) is 0 Å². The van der Waals surface area contributed by atoms with Crippen LogP contribution in [0.5, 0.6) is 0 Å². The van der Waals surface area contributed by atoms with Gasteiger partial charge in [0.05, 0.1) is 16.1 Å². The number of rotatable bonds is 6. The van der Waals surface area contributed by atoms with Gasteiger partial charge in [-0.15, -0.1) is 0 Å². The molecule has 0 bridgehead atoms. The van der Waals surface area contributed by atoms with E-state index in [2.05, 4.69) is 5.32 Å². The minimum atomic E-state index is -0.0848. The molecule has 1 aliphatic heterocycles. The van der Waals surface area contributed by atoms with E-state index in [0.717, 1.165) is 44.4 Å². The second kappa shape index (κ2) is 8.61. The molecule has 1 aliphatic rings. The Morgan fingerprint density at radius 3 is 2.91 bits per heavy atom. The van der Waals surface area contributed by atoms with E-state index < -0.39 is 0 Å². The molecule has 0 aliphatic carbocycles. The van der Waals surface area contributed by atoms with Crippen LogP contribution >= 0.6 is 23.2 Å². The Labute approximate surface area is 141 Å². The maximum absolute atomic E-state index is 12.0. The van der Waals surface area contributed by atoms with E-state index in [9.17, 15) is 4.79 Å². The Hall–Kier alpha value is -0.970. The highest BCUT2D eigenvalue weighted by molar-refractivity contribution is 6.42. The van der Waals surface area contributed by atoms with Gasteiger partial charge >= 0.3 is 6.03 Å². The smallest absolute Gasteiger partial charge is 0.317 e. The molecule has 0 saturated carbocycles. The third-order valence-corrected chi connectivity index (χ3v) is 4.56. The summed E-state index contributed by atoms with van der Waals surface area (Å²) in [6, 6.07) is 5.27. The van der Waals surface area contributed by atoms with Crippen LogP contribution in [0.4, 0.5) is 4.79 Å². The van der Waals surface area contributed by atoms with Crippen LogP contribution < -0.4 is 5.32 Å². The van der Waals surface area contributed by atoms with Crippen LogP contribution in [0.2, 0.25) is 10.0 Å². The molecule has 0 radical (unpaired) electrons. The van der Waals surface area contributed by atoms with Crippen LogP contribution in [0.3, 0.4) is 0 Å². The molecule has 1 aromatic rings. The molecule has 0 aromatic heterocycles. The summed E-state index contributed by atoms with van der Waals surface area (Å²) < 4.78 is 5.58. The maximum Gasteiger partial charge on any atom is 0.317 e. The zero-order valence-electron chi connectivity index (χ0n) is 12.8. The molecule has 1 aromatic carbocycles. The number of nitrogens with zero attached hydrogens (tertiary/aromatic N) is 1. The van der Waals surface area contributed by atoms with Gasteiger partial charge in [0, 0.05) is 26.7 Å². The standard InChI is InChI=1S/C16H22Cl2N2O2/c1-20(8-2-4-13-5-3-9-22-13)16(21)19-11-12-6-7-14(17)15(18)10-12/h6-7,10,13H,2-5,8-9,11H2,1H3,(H,19,21)/t13-/m0/s1. The Morgan fingerprint density at radius 2 is 2.23 bits per heavy atom. The molecule has 22 heavy (non-hydrogen) atoms. The van der Waals surface area contributed by atoms with Crippen molar-refractivity contribution in [3.63, 3.8) is 0 Å². The number of ether oxygens (including phenoxy) is 1. The minimum Gasteiger partial charge on any atom is -0.378 e. The molecular formula is C16H22Cl2N2O2. The first-order valence-electron chi connectivity index (χ1n) is 7.61. The average molecular weight is 345 g/mol. The first-order valence-corrected chi connectivity index (χ1v) is 8.36. The molecule has 0 spiro atoms. The number of hydrogen-bond donors (Lipinski definition) is 1. The van der Waals surface area contributed by atoms with E-state index in [4.69, 9.17) is 27.9 Å². The molecule has 2 rings (SSSR count). The second-order valence-corrected chi connectivity index (χ2v) is 6.42. The highest BCUT2D eigenvalue weighted by Gasteiger charge is 2.16. The van der Waals surface area contributed by atoms with Crippen molar-refractivity contribution in [2.24, 2.45) is 0 Å². The number of halogens is 2. The van der Waals surface area contributed by atoms with Gasteiger partial charge < -0.3 is 15.0 Å². The van der Waals surface area contributed by atoms with E-state index in [-0.39, 0.29) is 6.03 Å². The Kier molecular flexibility index (Phi) is 6.80. The molecule has 0 unspecified atom stereocenters. The fourth-order valence-corrected chi connectivity index (χ4v) is 2.81. The second-order valence-electron chi connectivity index (χ2n) is 5.61. The zero-order valence-corrected chi connectivity index (χ0v) is 14.3. The largest absolute Gasteiger partial charge is 0.378 e. The number of nitrogens with one attached hydrogen (secondary N) is 1. The Balaban J connectivity index is 1.67. The quantitative estimate of drug-likeness (QED) is 0.844. The molecule has 4 nitrogen and oxygen atoms in total. The van der Waals surface area contributed by atoms with Gasteiger partial charge in [0.25, 0.3) is 0 Å². The summed E-state index contributed by atoms with van der Waals surface area (Å²) in [5.41, 5.74) is 0.926. The molecular weight excluding hydrogens is 323 g/mol. The normalized spacial score (nSPS) is 17.5. The van der Waals surface area contributed by atoms with Gasteiger partial charge in [-0.05, 0) is 43.4 Å². The number of benzene rings is 1. The summed E-state index contributed by atoms with van der Waals surface area (Å²) in [7, 11) is 1.81. The van der Waals surface area contributed by atoms with Crippen molar-refractivity contribution < 1.29 is 9.53 Å². The summed E-state index contributed by atoms with van der Waals surface area (Å²) in [6.07, 6.45) is 4.66. The first kappa shape index (κ1) is 17.4. The van der Waals surface area contributed by atoms with Gasteiger partial charge in [0.1, 0.15) is 0 Å². The zero-order chi connectivity index (χ0) is 15.9. The molecule has 1 N–H and O–H groups in total. The lowest BCUT2D eigenvalue weighted by Crippen LogP contribution is -2.37. The van der Waals surface area contributed by atoms with Crippen molar-refractivity contribution in [2.45, 2.75) is 38.3 Å². The number of amides is 2. The van der Waals surface area contributed by atoms with Crippen molar-refractivity contribution in [3.8, 4) is 0 Å². The van der Waals surface area contributed by atoms with E-state index in [1.54, 1.807) is 24.1 Å². The minimum absolute atomic E-state index is 0.0848. The van der Waals surface area contributed by atoms with Crippen LogP contribution in [0, 0.1) is 0 Å². The first-order chi connectivity index (χ1) is 10.6. The summed E-state index contributed by atoms with van der Waals surface area (Å²) in [6.45, 7) is 2.05. The van der Waals surface area contributed by atoms with Crippen LogP contribution in [-0.2, 0) is 11.3 Å². The van der Waals surface area contributed by atoms with Crippen molar-refractivity contribution in [3.05, 3.63) is 33.8 Å².